The van der Waals surface area contributed by atoms with Gasteiger partial charge in [0.2, 0.25) is 0 Å². The highest BCUT2D eigenvalue weighted by atomic mass is 15.0. The minimum atomic E-state index is 0.320. The SMILES string of the molecule is CCCCCC(C)C(C)CC(C)(CCC)C(N)CCC[C@H]1CCN1. The van der Waals surface area contributed by atoms with Crippen LogP contribution in [-0.4, -0.2) is 18.6 Å². The third-order valence-electron chi connectivity index (χ3n) is 6.73. The number of unbranched alkanes of at least 4 members (excludes halogenated alkanes) is 2. The molecule has 1 aliphatic rings. The van der Waals surface area contributed by atoms with Crippen LogP contribution in [0.15, 0.2) is 0 Å². The van der Waals surface area contributed by atoms with Crippen molar-refractivity contribution < 1.29 is 0 Å². The van der Waals surface area contributed by atoms with Crippen molar-refractivity contribution in [3.05, 3.63) is 0 Å². The molecule has 0 aromatic carbocycles. The minimum absolute atomic E-state index is 0.320. The zero-order valence-corrected chi connectivity index (χ0v) is 17.4. The number of hydrogen-bond acceptors (Lipinski definition) is 2. The fourth-order valence-electron chi connectivity index (χ4n) is 4.47. The Morgan fingerprint density at radius 2 is 1.75 bits per heavy atom. The summed E-state index contributed by atoms with van der Waals surface area (Å²) >= 11 is 0. The average molecular weight is 339 g/mol. The summed E-state index contributed by atoms with van der Waals surface area (Å²) in [6.07, 6.45) is 14.5. The van der Waals surface area contributed by atoms with Gasteiger partial charge in [0.1, 0.15) is 0 Å². The van der Waals surface area contributed by atoms with Crippen LogP contribution in [-0.2, 0) is 0 Å². The van der Waals surface area contributed by atoms with Crippen molar-refractivity contribution in [2.75, 3.05) is 6.54 Å². The predicted molar refractivity (Wildman–Crippen MR) is 108 cm³/mol. The van der Waals surface area contributed by atoms with Gasteiger partial charge in [0.15, 0.2) is 0 Å². The van der Waals surface area contributed by atoms with Crippen molar-refractivity contribution in [1.82, 2.24) is 5.32 Å². The van der Waals surface area contributed by atoms with Crippen LogP contribution in [0.2, 0.25) is 0 Å². The summed E-state index contributed by atoms with van der Waals surface area (Å²) in [5.74, 6) is 1.62. The van der Waals surface area contributed by atoms with Crippen molar-refractivity contribution in [1.29, 1.82) is 0 Å². The van der Waals surface area contributed by atoms with E-state index in [0.29, 0.717) is 11.5 Å². The summed E-state index contributed by atoms with van der Waals surface area (Å²) in [7, 11) is 0. The number of hydrogen-bond donors (Lipinski definition) is 2. The van der Waals surface area contributed by atoms with Crippen LogP contribution in [0.5, 0.6) is 0 Å². The van der Waals surface area contributed by atoms with E-state index in [2.05, 4.69) is 39.9 Å². The molecule has 5 atom stereocenters. The van der Waals surface area contributed by atoms with Gasteiger partial charge in [-0.1, -0.05) is 73.1 Å². The second-order valence-corrected chi connectivity index (χ2v) is 9.04. The van der Waals surface area contributed by atoms with E-state index < -0.39 is 0 Å². The molecule has 2 nitrogen and oxygen atoms in total. The zero-order chi connectivity index (χ0) is 18.0. The highest BCUT2D eigenvalue weighted by Crippen LogP contribution is 2.39. The van der Waals surface area contributed by atoms with Gasteiger partial charge in [-0.25, -0.2) is 0 Å². The van der Waals surface area contributed by atoms with Crippen molar-refractivity contribution in [2.45, 2.75) is 117 Å². The molecule has 1 fully saturated rings. The summed E-state index contributed by atoms with van der Waals surface area (Å²) in [5.41, 5.74) is 7.05. The molecular formula is C22H46N2. The monoisotopic (exact) mass is 338 g/mol. The summed E-state index contributed by atoms with van der Waals surface area (Å²) in [4.78, 5) is 0. The molecule has 0 spiro atoms. The molecule has 24 heavy (non-hydrogen) atoms. The molecule has 4 unspecified atom stereocenters. The van der Waals surface area contributed by atoms with E-state index >= 15 is 0 Å². The molecule has 144 valence electrons. The molecule has 1 rings (SSSR count). The van der Waals surface area contributed by atoms with Crippen molar-refractivity contribution in [3.8, 4) is 0 Å². The third-order valence-corrected chi connectivity index (χ3v) is 6.73. The molecule has 0 radical (unpaired) electrons. The molecule has 0 aliphatic carbocycles. The second kappa shape index (κ2) is 11.5. The van der Waals surface area contributed by atoms with Gasteiger partial charge in [-0.2, -0.15) is 0 Å². The van der Waals surface area contributed by atoms with E-state index in [1.54, 1.807) is 0 Å². The van der Waals surface area contributed by atoms with E-state index in [0.717, 1.165) is 17.9 Å². The normalized spacial score (nSPS) is 24.0. The molecule has 1 aliphatic heterocycles. The largest absolute Gasteiger partial charge is 0.327 e. The van der Waals surface area contributed by atoms with E-state index in [9.17, 15) is 0 Å². The highest BCUT2D eigenvalue weighted by molar-refractivity contribution is 4.88. The number of nitrogens with one attached hydrogen (secondary N) is 1. The Labute approximate surface area is 152 Å². The lowest BCUT2D eigenvalue weighted by molar-refractivity contribution is 0.142. The van der Waals surface area contributed by atoms with Gasteiger partial charge in [0.25, 0.3) is 0 Å². The topological polar surface area (TPSA) is 38.0 Å². The molecule has 1 saturated heterocycles. The fraction of sp³-hybridized carbons (Fsp3) is 1.00. The summed E-state index contributed by atoms with van der Waals surface area (Å²) in [6, 6.07) is 1.15. The van der Waals surface area contributed by atoms with Gasteiger partial charge in [0.05, 0.1) is 0 Å². The standard InChI is InChI=1S/C22H46N2/c1-6-8-9-11-18(3)19(4)17-22(5,15-7-2)21(23)13-10-12-20-14-16-24-20/h18-21,24H,6-17,23H2,1-5H3/t18?,19?,20-,21?,22?/m0/s1. The van der Waals surface area contributed by atoms with E-state index in [1.165, 1.54) is 77.2 Å². The maximum Gasteiger partial charge on any atom is 0.00930 e. The van der Waals surface area contributed by atoms with Crippen LogP contribution in [0.1, 0.15) is 105 Å². The van der Waals surface area contributed by atoms with E-state index in [1.807, 2.05) is 0 Å². The Hall–Kier alpha value is -0.0800. The molecule has 3 N–H and O–H groups in total. The van der Waals surface area contributed by atoms with Crippen LogP contribution in [0, 0.1) is 17.3 Å². The maximum absolute atomic E-state index is 6.73. The first kappa shape index (κ1) is 22.0. The Kier molecular flexibility index (Phi) is 10.5. The first-order valence-corrected chi connectivity index (χ1v) is 10.9. The van der Waals surface area contributed by atoms with Crippen molar-refractivity contribution in [2.24, 2.45) is 23.0 Å². The first-order valence-electron chi connectivity index (χ1n) is 10.9. The van der Waals surface area contributed by atoms with Crippen LogP contribution >= 0.6 is 0 Å². The molecule has 0 aromatic rings. The van der Waals surface area contributed by atoms with Gasteiger partial charge in [-0.05, 0) is 55.9 Å². The molecule has 1 heterocycles. The van der Waals surface area contributed by atoms with Gasteiger partial charge >= 0.3 is 0 Å². The van der Waals surface area contributed by atoms with Crippen LogP contribution in [0.3, 0.4) is 0 Å². The Bertz CT molecular complexity index is 313. The van der Waals surface area contributed by atoms with Gasteiger partial charge in [-0.15, -0.1) is 0 Å². The molecule has 2 heteroatoms. The van der Waals surface area contributed by atoms with Crippen LogP contribution in [0.4, 0.5) is 0 Å². The lowest BCUT2D eigenvalue weighted by atomic mass is 9.68. The van der Waals surface area contributed by atoms with E-state index in [4.69, 9.17) is 5.73 Å². The van der Waals surface area contributed by atoms with Crippen molar-refractivity contribution in [3.63, 3.8) is 0 Å². The zero-order valence-electron chi connectivity index (χ0n) is 17.4. The van der Waals surface area contributed by atoms with E-state index in [-0.39, 0.29) is 0 Å². The fourth-order valence-corrected chi connectivity index (χ4v) is 4.47. The average Bonchev–Trinajstić information content (AvgIpc) is 2.49. The summed E-state index contributed by atoms with van der Waals surface area (Å²) in [6.45, 7) is 13.2. The Balaban J connectivity index is 2.44. The predicted octanol–water partition coefficient (Wildman–Crippen LogP) is 5.89. The molecule has 0 amide bonds. The molecular weight excluding hydrogens is 292 g/mol. The number of rotatable bonds is 14. The lowest BCUT2D eigenvalue weighted by Crippen LogP contribution is -2.44. The van der Waals surface area contributed by atoms with Gasteiger partial charge < -0.3 is 11.1 Å². The smallest absolute Gasteiger partial charge is 0.00930 e. The number of nitrogens with two attached hydrogens (primary N) is 1. The minimum Gasteiger partial charge on any atom is -0.327 e. The lowest BCUT2D eigenvalue weighted by Gasteiger charge is -2.39. The van der Waals surface area contributed by atoms with Gasteiger partial charge in [-0.3, -0.25) is 0 Å². The van der Waals surface area contributed by atoms with Gasteiger partial charge in [0, 0.05) is 12.1 Å². The molecule has 0 bridgehead atoms. The highest BCUT2D eigenvalue weighted by Gasteiger charge is 2.33. The Morgan fingerprint density at radius 1 is 1.04 bits per heavy atom. The summed E-state index contributed by atoms with van der Waals surface area (Å²) in [5, 5.41) is 3.51. The van der Waals surface area contributed by atoms with Crippen LogP contribution < -0.4 is 11.1 Å². The maximum atomic E-state index is 6.73. The van der Waals surface area contributed by atoms with Crippen LogP contribution in [0.25, 0.3) is 0 Å². The summed E-state index contributed by atoms with van der Waals surface area (Å²) < 4.78 is 0. The van der Waals surface area contributed by atoms with Crippen molar-refractivity contribution >= 4 is 0 Å². The second-order valence-electron chi connectivity index (χ2n) is 9.04. The third kappa shape index (κ3) is 7.44. The first-order chi connectivity index (χ1) is 11.4. The Morgan fingerprint density at radius 3 is 2.29 bits per heavy atom. The quantitative estimate of drug-likeness (QED) is 0.387. The molecule has 0 saturated carbocycles. The molecule has 0 aromatic heterocycles.